The number of piperidine rings is 1. The largest absolute Gasteiger partial charge is 0.454 e. The first-order valence-electron chi connectivity index (χ1n) is 9.47. The van der Waals surface area contributed by atoms with Gasteiger partial charge < -0.3 is 14.4 Å². The molecule has 4 aliphatic rings. The Labute approximate surface area is 166 Å². The summed E-state index contributed by atoms with van der Waals surface area (Å²) in [6, 6.07) is 4.27. The Hall–Kier alpha value is -3.49. The first-order valence-corrected chi connectivity index (χ1v) is 9.47. The molecule has 9 heteroatoms. The van der Waals surface area contributed by atoms with Crippen LogP contribution in [0.3, 0.4) is 0 Å². The topological polar surface area (TPSA) is 101 Å². The first-order chi connectivity index (χ1) is 14.1. The number of hydrogen-bond acceptors (Lipinski definition) is 6. The molecule has 1 aromatic rings. The number of nitrogens with zero attached hydrogens (tertiary/aromatic N) is 4. The highest BCUT2D eigenvalue weighted by atomic mass is 16.7. The van der Waals surface area contributed by atoms with E-state index in [9.17, 15) is 14.4 Å². The number of aliphatic imine (C=N–C) groups is 2. The maximum Gasteiger partial charge on any atom is 0.352 e. The van der Waals surface area contributed by atoms with Crippen LogP contribution in [0.5, 0.6) is 11.5 Å². The van der Waals surface area contributed by atoms with Crippen molar-refractivity contribution in [2.75, 3.05) is 19.9 Å². The molecule has 9 nitrogen and oxygen atoms in total. The Kier molecular flexibility index (Phi) is 4.15. The van der Waals surface area contributed by atoms with Gasteiger partial charge in [0.1, 0.15) is 11.8 Å². The maximum absolute atomic E-state index is 12.8. The highest BCUT2D eigenvalue weighted by molar-refractivity contribution is 6.19. The quantitative estimate of drug-likeness (QED) is 0.759. The SMILES string of the molecule is O=C(c1ccc2c(c1)OCO2)N1CCC(N2C(=O)N=C3N=CC=CC3C2=O)CC1. The smallest absolute Gasteiger partial charge is 0.352 e. The molecule has 0 N–H and O–H groups in total. The second kappa shape index (κ2) is 6.84. The lowest BCUT2D eigenvalue weighted by Gasteiger charge is -2.39. The number of allylic oxidation sites excluding steroid dienone is 1. The van der Waals surface area contributed by atoms with Crippen molar-refractivity contribution in [3.63, 3.8) is 0 Å². The van der Waals surface area contributed by atoms with Gasteiger partial charge in [0, 0.05) is 30.9 Å². The average Bonchev–Trinajstić information content (AvgIpc) is 3.22. The van der Waals surface area contributed by atoms with Gasteiger partial charge in [0.2, 0.25) is 12.7 Å². The van der Waals surface area contributed by atoms with Gasteiger partial charge in [0.25, 0.3) is 5.91 Å². The lowest BCUT2D eigenvalue weighted by atomic mass is 9.97. The molecule has 0 aliphatic carbocycles. The minimum Gasteiger partial charge on any atom is -0.454 e. The number of benzene rings is 1. The molecule has 1 aromatic carbocycles. The first kappa shape index (κ1) is 17.6. The number of amides is 4. The normalized spacial score (nSPS) is 23.3. The number of imide groups is 1. The molecule has 148 valence electrons. The fourth-order valence-electron chi connectivity index (χ4n) is 4.01. The predicted octanol–water partition coefficient (Wildman–Crippen LogP) is 1.64. The second-order valence-electron chi connectivity index (χ2n) is 7.19. The van der Waals surface area contributed by atoms with E-state index in [1.54, 1.807) is 35.3 Å². The molecular formula is C20H18N4O5. The summed E-state index contributed by atoms with van der Waals surface area (Å²) >= 11 is 0. The van der Waals surface area contributed by atoms with Crippen molar-refractivity contribution >= 4 is 29.9 Å². The number of hydrogen-bond donors (Lipinski definition) is 0. The summed E-state index contributed by atoms with van der Waals surface area (Å²) in [6.07, 6.45) is 5.93. The Morgan fingerprint density at radius 3 is 2.72 bits per heavy atom. The van der Waals surface area contributed by atoms with Crippen LogP contribution in [0.4, 0.5) is 4.79 Å². The Morgan fingerprint density at radius 1 is 1.10 bits per heavy atom. The summed E-state index contributed by atoms with van der Waals surface area (Å²) < 4.78 is 10.6. The van der Waals surface area contributed by atoms with Gasteiger partial charge in [-0.3, -0.25) is 14.5 Å². The fraction of sp³-hybridized carbons (Fsp3) is 0.350. The average molecular weight is 394 g/mol. The number of fused-ring (bicyclic) bond motifs is 2. The van der Waals surface area contributed by atoms with Gasteiger partial charge in [-0.15, -0.1) is 0 Å². The summed E-state index contributed by atoms with van der Waals surface area (Å²) in [6.45, 7) is 1.05. The van der Waals surface area contributed by atoms with E-state index in [-0.39, 0.29) is 30.5 Å². The van der Waals surface area contributed by atoms with Gasteiger partial charge >= 0.3 is 6.03 Å². The van der Waals surface area contributed by atoms with Crippen LogP contribution in [0.15, 0.2) is 40.3 Å². The van der Waals surface area contributed by atoms with Crippen molar-refractivity contribution in [3.05, 3.63) is 35.9 Å². The van der Waals surface area contributed by atoms with Crippen molar-refractivity contribution in [1.82, 2.24) is 9.80 Å². The van der Waals surface area contributed by atoms with E-state index in [0.29, 0.717) is 43.0 Å². The molecule has 1 fully saturated rings. The van der Waals surface area contributed by atoms with Gasteiger partial charge in [0.05, 0.1) is 0 Å². The number of dihydropyridines is 1. The molecule has 1 atom stereocenters. The van der Waals surface area contributed by atoms with Gasteiger partial charge in [-0.1, -0.05) is 6.08 Å². The van der Waals surface area contributed by atoms with Crippen LogP contribution in [0.1, 0.15) is 23.2 Å². The number of carbonyl (C=O) groups is 3. The minimum absolute atomic E-state index is 0.108. The Bertz CT molecular complexity index is 991. The van der Waals surface area contributed by atoms with Crippen LogP contribution < -0.4 is 9.47 Å². The Morgan fingerprint density at radius 2 is 1.90 bits per heavy atom. The zero-order chi connectivity index (χ0) is 20.0. The number of ether oxygens (including phenoxy) is 2. The molecule has 4 aliphatic heterocycles. The van der Waals surface area contributed by atoms with Crippen LogP contribution in [-0.4, -0.2) is 65.6 Å². The van der Waals surface area contributed by atoms with Crippen LogP contribution in [0.2, 0.25) is 0 Å². The highest BCUT2D eigenvalue weighted by Crippen LogP contribution is 2.33. The lowest BCUT2D eigenvalue weighted by molar-refractivity contribution is -0.131. The number of carbonyl (C=O) groups excluding carboxylic acids is 3. The molecule has 1 unspecified atom stereocenters. The molecule has 1 saturated heterocycles. The molecular weight excluding hydrogens is 376 g/mol. The van der Waals surface area contributed by atoms with E-state index in [1.165, 1.54) is 11.1 Å². The van der Waals surface area contributed by atoms with Crippen molar-refractivity contribution in [2.24, 2.45) is 15.9 Å². The zero-order valence-corrected chi connectivity index (χ0v) is 15.5. The zero-order valence-electron chi connectivity index (χ0n) is 15.5. The van der Waals surface area contributed by atoms with Crippen LogP contribution in [0, 0.1) is 5.92 Å². The van der Waals surface area contributed by atoms with Crippen molar-refractivity contribution < 1.29 is 23.9 Å². The van der Waals surface area contributed by atoms with Crippen molar-refractivity contribution in [3.8, 4) is 11.5 Å². The minimum atomic E-state index is -0.606. The third-order valence-electron chi connectivity index (χ3n) is 5.53. The van der Waals surface area contributed by atoms with E-state index < -0.39 is 11.9 Å². The molecule has 4 amide bonds. The molecule has 0 aromatic heterocycles. The van der Waals surface area contributed by atoms with Crippen molar-refractivity contribution in [1.29, 1.82) is 0 Å². The van der Waals surface area contributed by atoms with Gasteiger partial charge in [-0.25, -0.2) is 9.79 Å². The lowest BCUT2D eigenvalue weighted by Crippen LogP contribution is -2.54. The summed E-state index contributed by atoms with van der Waals surface area (Å²) in [4.78, 5) is 49.0. The van der Waals surface area contributed by atoms with Crippen molar-refractivity contribution in [2.45, 2.75) is 18.9 Å². The van der Waals surface area contributed by atoms with E-state index in [4.69, 9.17) is 9.47 Å². The summed E-state index contributed by atoms with van der Waals surface area (Å²) in [5, 5.41) is 0. The summed E-state index contributed by atoms with van der Waals surface area (Å²) in [7, 11) is 0. The molecule has 0 bridgehead atoms. The standard InChI is InChI=1S/C20H18N4O5/c25-18(12-3-4-15-16(10-12)29-11-28-15)23-8-5-13(6-9-23)24-19(26)14-2-1-7-21-17(14)22-20(24)27/h1-4,7,10,13-14H,5-6,8-9,11H2. The van der Waals surface area contributed by atoms with E-state index in [1.807, 2.05) is 0 Å². The van der Waals surface area contributed by atoms with E-state index in [0.717, 1.165) is 0 Å². The van der Waals surface area contributed by atoms with Crippen LogP contribution in [-0.2, 0) is 4.79 Å². The monoisotopic (exact) mass is 394 g/mol. The van der Waals surface area contributed by atoms with Gasteiger partial charge in [-0.05, 0) is 37.1 Å². The highest BCUT2D eigenvalue weighted by Gasteiger charge is 2.41. The third-order valence-corrected chi connectivity index (χ3v) is 5.53. The molecule has 5 rings (SSSR count). The molecule has 4 heterocycles. The van der Waals surface area contributed by atoms with E-state index in [2.05, 4.69) is 9.98 Å². The second-order valence-corrected chi connectivity index (χ2v) is 7.19. The van der Waals surface area contributed by atoms with Crippen LogP contribution in [0.25, 0.3) is 0 Å². The number of likely N-dealkylation sites (tertiary alicyclic amines) is 1. The summed E-state index contributed by atoms with van der Waals surface area (Å²) in [5.41, 5.74) is 0.525. The Balaban J connectivity index is 1.27. The maximum atomic E-state index is 12.8. The third kappa shape index (κ3) is 2.98. The number of urea groups is 1. The fourth-order valence-corrected chi connectivity index (χ4v) is 4.01. The van der Waals surface area contributed by atoms with Crippen LogP contribution >= 0.6 is 0 Å². The van der Waals surface area contributed by atoms with Gasteiger partial charge in [0.15, 0.2) is 11.5 Å². The van der Waals surface area contributed by atoms with E-state index >= 15 is 0 Å². The van der Waals surface area contributed by atoms with Gasteiger partial charge in [-0.2, -0.15) is 4.99 Å². The number of rotatable bonds is 2. The molecule has 0 spiro atoms. The molecule has 29 heavy (non-hydrogen) atoms. The summed E-state index contributed by atoms with van der Waals surface area (Å²) in [5.74, 6) is 0.423. The number of amidine groups is 1. The predicted molar refractivity (Wildman–Crippen MR) is 102 cm³/mol. The molecule has 0 saturated carbocycles. The molecule has 0 radical (unpaired) electrons.